The second-order valence-corrected chi connectivity index (χ2v) is 6.47. The van der Waals surface area contributed by atoms with E-state index in [2.05, 4.69) is 15.4 Å². The van der Waals surface area contributed by atoms with Crippen molar-refractivity contribution in [2.24, 2.45) is 0 Å². The highest BCUT2D eigenvalue weighted by atomic mass is 32.2. The molecule has 1 saturated heterocycles. The molecule has 0 amide bonds. The van der Waals surface area contributed by atoms with Gasteiger partial charge < -0.3 is 10.6 Å². The van der Waals surface area contributed by atoms with E-state index in [-0.39, 0.29) is 0 Å². The quantitative estimate of drug-likeness (QED) is 0.732. The molecule has 3 N–H and O–H groups in total. The van der Waals surface area contributed by atoms with E-state index in [1.54, 1.807) is 31.2 Å². The Kier molecular flexibility index (Phi) is 4.79. The maximum atomic E-state index is 11.8. The van der Waals surface area contributed by atoms with Crippen LogP contribution in [0.4, 0.5) is 5.69 Å². The summed E-state index contributed by atoms with van der Waals surface area (Å²) in [6.07, 6.45) is 2.42. The van der Waals surface area contributed by atoms with Gasteiger partial charge in [-0.2, -0.15) is 0 Å². The van der Waals surface area contributed by atoms with Crippen LogP contribution in [0.3, 0.4) is 0 Å². The number of anilines is 1. The van der Waals surface area contributed by atoms with Crippen molar-refractivity contribution in [1.29, 1.82) is 0 Å². The Morgan fingerprint density at radius 2 is 2.05 bits per heavy atom. The molecule has 0 radical (unpaired) electrons. The third kappa shape index (κ3) is 3.92. The summed E-state index contributed by atoms with van der Waals surface area (Å²) in [5.41, 5.74) is 0.948. The number of hydrogen-bond acceptors (Lipinski definition) is 4. The Morgan fingerprint density at radius 3 is 2.63 bits per heavy atom. The minimum Gasteiger partial charge on any atom is -0.383 e. The van der Waals surface area contributed by atoms with Crippen LogP contribution in [0.1, 0.15) is 19.8 Å². The second kappa shape index (κ2) is 6.36. The molecule has 0 bridgehead atoms. The van der Waals surface area contributed by atoms with Crippen LogP contribution in [0.25, 0.3) is 0 Å². The Bertz CT molecular complexity index is 493. The SMILES string of the molecule is CCNS(=O)(=O)c1ccc(NCC2CCCN2)cc1. The highest BCUT2D eigenvalue weighted by molar-refractivity contribution is 7.89. The lowest BCUT2D eigenvalue weighted by molar-refractivity contribution is 0.584. The third-order valence-corrected chi connectivity index (χ3v) is 4.78. The van der Waals surface area contributed by atoms with Gasteiger partial charge in [-0.1, -0.05) is 6.92 Å². The van der Waals surface area contributed by atoms with Crippen LogP contribution >= 0.6 is 0 Å². The van der Waals surface area contributed by atoms with Crippen LogP contribution in [0, 0.1) is 0 Å². The largest absolute Gasteiger partial charge is 0.383 e. The molecule has 0 aliphatic carbocycles. The second-order valence-electron chi connectivity index (χ2n) is 4.70. The van der Waals surface area contributed by atoms with Crippen LogP contribution in [-0.2, 0) is 10.0 Å². The van der Waals surface area contributed by atoms with Crippen LogP contribution in [0.5, 0.6) is 0 Å². The highest BCUT2D eigenvalue weighted by Crippen LogP contribution is 2.14. The molecule has 5 nitrogen and oxygen atoms in total. The zero-order valence-electron chi connectivity index (χ0n) is 11.1. The Morgan fingerprint density at radius 1 is 1.32 bits per heavy atom. The predicted octanol–water partition coefficient (Wildman–Crippen LogP) is 1.15. The fourth-order valence-electron chi connectivity index (χ4n) is 2.20. The van der Waals surface area contributed by atoms with E-state index in [0.29, 0.717) is 17.5 Å². The molecule has 1 aliphatic rings. The van der Waals surface area contributed by atoms with Crippen LogP contribution in [0.15, 0.2) is 29.2 Å². The van der Waals surface area contributed by atoms with E-state index in [9.17, 15) is 8.42 Å². The van der Waals surface area contributed by atoms with Gasteiger partial charge in [0.05, 0.1) is 4.90 Å². The third-order valence-electron chi connectivity index (χ3n) is 3.21. The van der Waals surface area contributed by atoms with Crippen molar-refractivity contribution in [3.05, 3.63) is 24.3 Å². The van der Waals surface area contributed by atoms with Crippen molar-refractivity contribution in [2.45, 2.75) is 30.7 Å². The molecule has 0 spiro atoms. The summed E-state index contributed by atoms with van der Waals surface area (Å²) in [5, 5.41) is 6.73. The molecule has 0 saturated carbocycles. The summed E-state index contributed by atoms with van der Waals surface area (Å²) in [5.74, 6) is 0. The van der Waals surface area contributed by atoms with Gasteiger partial charge in [-0.05, 0) is 43.7 Å². The zero-order chi connectivity index (χ0) is 13.7. The lowest BCUT2D eigenvalue weighted by Crippen LogP contribution is -2.29. The van der Waals surface area contributed by atoms with E-state index < -0.39 is 10.0 Å². The molecule has 1 aromatic rings. The van der Waals surface area contributed by atoms with E-state index >= 15 is 0 Å². The highest BCUT2D eigenvalue weighted by Gasteiger charge is 2.14. The standard InChI is InChI=1S/C13H21N3O2S/c1-2-16-19(17,18)13-7-5-11(6-8-13)15-10-12-4-3-9-14-12/h5-8,12,14-16H,2-4,9-10H2,1H3. The minimum absolute atomic E-state index is 0.305. The first-order valence-electron chi connectivity index (χ1n) is 6.69. The van der Waals surface area contributed by atoms with Gasteiger partial charge in [0, 0.05) is 24.8 Å². The van der Waals surface area contributed by atoms with E-state index in [1.807, 2.05) is 0 Å². The summed E-state index contributed by atoms with van der Waals surface area (Å²) in [6, 6.07) is 7.38. The van der Waals surface area contributed by atoms with Crippen molar-refractivity contribution in [3.63, 3.8) is 0 Å². The first-order valence-corrected chi connectivity index (χ1v) is 8.17. The number of hydrogen-bond donors (Lipinski definition) is 3. The molecule has 106 valence electrons. The molecule has 1 unspecified atom stereocenters. The molecular weight excluding hydrogens is 262 g/mol. The maximum Gasteiger partial charge on any atom is 0.240 e. The van der Waals surface area contributed by atoms with Gasteiger partial charge in [-0.15, -0.1) is 0 Å². The number of nitrogens with one attached hydrogen (secondary N) is 3. The maximum absolute atomic E-state index is 11.8. The van der Waals surface area contributed by atoms with Crippen LogP contribution in [-0.4, -0.2) is 34.1 Å². The topological polar surface area (TPSA) is 70.2 Å². The van der Waals surface area contributed by atoms with Gasteiger partial charge in [-0.25, -0.2) is 13.1 Å². The van der Waals surface area contributed by atoms with Crippen molar-refractivity contribution < 1.29 is 8.42 Å². The molecule has 1 fully saturated rings. The fraction of sp³-hybridized carbons (Fsp3) is 0.538. The summed E-state index contributed by atoms with van der Waals surface area (Å²) in [4.78, 5) is 0.305. The average molecular weight is 283 g/mol. The summed E-state index contributed by atoms with van der Waals surface area (Å²) in [7, 11) is -3.35. The predicted molar refractivity (Wildman–Crippen MR) is 76.8 cm³/mol. The summed E-state index contributed by atoms with van der Waals surface area (Å²) < 4.78 is 26.0. The molecule has 2 rings (SSSR count). The van der Waals surface area contributed by atoms with Crippen molar-refractivity contribution in [2.75, 3.05) is 25.0 Å². The van der Waals surface area contributed by atoms with Crippen LogP contribution in [0.2, 0.25) is 0 Å². The van der Waals surface area contributed by atoms with Crippen molar-refractivity contribution >= 4 is 15.7 Å². The average Bonchev–Trinajstić information content (AvgIpc) is 2.90. The van der Waals surface area contributed by atoms with E-state index in [0.717, 1.165) is 18.8 Å². The van der Waals surface area contributed by atoms with Gasteiger partial charge in [-0.3, -0.25) is 0 Å². The Labute approximate surface area is 114 Å². The molecule has 19 heavy (non-hydrogen) atoms. The number of benzene rings is 1. The molecule has 1 heterocycles. The van der Waals surface area contributed by atoms with Gasteiger partial charge in [0.25, 0.3) is 0 Å². The monoisotopic (exact) mass is 283 g/mol. The van der Waals surface area contributed by atoms with Gasteiger partial charge in [0.15, 0.2) is 0 Å². The normalized spacial score (nSPS) is 19.5. The Hall–Kier alpha value is -1.11. The fourth-order valence-corrected chi connectivity index (χ4v) is 3.24. The Balaban J connectivity index is 1.94. The van der Waals surface area contributed by atoms with E-state index in [1.165, 1.54) is 12.8 Å². The molecule has 6 heteroatoms. The molecular formula is C13H21N3O2S. The summed E-state index contributed by atoms with van der Waals surface area (Å²) >= 11 is 0. The minimum atomic E-state index is -3.35. The lowest BCUT2D eigenvalue weighted by atomic mass is 10.2. The van der Waals surface area contributed by atoms with Gasteiger partial charge in [0.1, 0.15) is 0 Å². The first kappa shape index (κ1) is 14.3. The van der Waals surface area contributed by atoms with Crippen molar-refractivity contribution in [1.82, 2.24) is 10.0 Å². The smallest absolute Gasteiger partial charge is 0.240 e. The van der Waals surface area contributed by atoms with Gasteiger partial charge >= 0.3 is 0 Å². The van der Waals surface area contributed by atoms with Gasteiger partial charge in [0.2, 0.25) is 10.0 Å². The number of sulfonamides is 1. The molecule has 1 atom stereocenters. The van der Waals surface area contributed by atoms with E-state index in [4.69, 9.17) is 0 Å². The van der Waals surface area contributed by atoms with Crippen molar-refractivity contribution in [3.8, 4) is 0 Å². The first-order chi connectivity index (χ1) is 9.12. The molecule has 1 aromatic carbocycles. The zero-order valence-corrected chi connectivity index (χ0v) is 12.0. The summed E-state index contributed by atoms with van der Waals surface area (Å²) in [6.45, 7) is 4.13. The molecule has 1 aliphatic heterocycles. The number of rotatable bonds is 6. The lowest BCUT2D eigenvalue weighted by Gasteiger charge is -2.13. The molecule has 0 aromatic heterocycles. The van der Waals surface area contributed by atoms with Crippen LogP contribution < -0.4 is 15.4 Å².